The monoisotopic (exact) mass is 600 g/mol. The molecule has 0 unspecified atom stereocenters. The second kappa shape index (κ2) is 11.1. The van der Waals surface area contributed by atoms with Gasteiger partial charge in [-0.15, -0.1) is 0 Å². The van der Waals surface area contributed by atoms with Gasteiger partial charge in [0.2, 0.25) is 0 Å². The Labute approximate surface area is 280 Å². The molecule has 47 heavy (non-hydrogen) atoms. The maximum absolute atomic E-state index is 8.75. The number of hydrogen-bond donors (Lipinski definition) is 0. The van der Waals surface area contributed by atoms with Gasteiger partial charge in [-0.1, -0.05) is 169 Å². The van der Waals surface area contributed by atoms with E-state index in [0.717, 1.165) is 21.9 Å². The summed E-state index contributed by atoms with van der Waals surface area (Å²) in [4.78, 5) is 0. The van der Waals surface area contributed by atoms with Gasteiger partial charge in [0.25, 0.3) is 0 Å². The first-order chi connectivity index (χ1) is 24.9. The number of hydrogen-bond acceptors (Lipinski definition) is 0. The first-order valence-corrected chi connectivity index (χ1v) is 16.0. The van der Waals surface area contributed by atoms with Gasteiger partial charge in [-0.3, -0.25) is 0 Å². The summed E-state index contributed by atoms with van der Waals surface area (Å²) in [6, 6.07) is 53.6. The van der Waals surface area contributed by atoms with E-state index in [0.29, 0.717) is 16.7 Å². The molecule has 0 heteroatoms. The molecule has 0 amide bonds. The molecule has 0 aliphatic carbocycles. The van der Waals surface area contributed by atoms with E-state index in [1.165, 1.54) is 54.6 Å². The number of rotatable bonds is 4. The van der Waals surface area contributed by atoms with Crippen molar-refractivity contribution in [1.29, 1.82) is 0 Å². The summed E-state index contributed by atoms with van der Waals surface area (Å²) in [5.41, 5.74) is 8.60. The standard InChI is InChI=1S/C47H32/c1-31-12-11-15-34(28-31)35-24-22-32-23-25-36(30-37(32)29-35)46-41-18-7-9-20-43(41)47(44-21-10-8-19-42(44)46)45-27-26-38(33-13-3-2-4-14-33)39-16-5-6-17-40(39)45/h2-30H,1H3/i11D,12D,15D,28D. The molecule has 0 aromatic heterocycles. The zero-order chi connectivity index (χ0) is 34.8. The van der Waals surface area contributed by atoms with Crippen LogP contribution in [0.15, 0.2) is 176 Å². The molecule has 9 aromatic rings. The maximum Gasteiger partial charge on any atom is 0.0632 e. The van der Waals surface area contributed by atoms with Crippen LogP contribution in [0.5, 0.6) is 0 Å². The topological polar surface area (TPSA) is 0 Å². The molecule has 0 fully saturated rings. The molecule has 9 rings (SSSR count). The second-order valence-electron chi connectivity index (χ2n) is 12.2. The molecule has 9 aromatic carbocycles. The predicted molar refractivity (Wildman–Crippen MR) is 203 cm³/mol. The van der Waals surface area contributed by atoms with E-state index in [2.05, 4.69) is 133 Å². The van der Waals surface area contributed by atoms with Crippen molar-refractivity contribution in [3.05, 3.63) is 181 Å². The molecule has 0 radical (unpaired) electrons. The van der Waals surface area contributed by atoms with Crippen LogP contribution in [0.2, 0.25) is 0 Å². The highest BCUT2D eigenvalue weighted by Crippen LogP contribution is 2.46. The van der Waals surface area contributed by atoms with E-state index in [-0.39, 0.29) is 24.2 Å². The Balaban J connectivity index is 1.29. The fourth-order valence-electron chi connectivity index (χ4n) is 7.26. The van der Waals surface area contributed by atoms with Crippen molar-refractivity contribution in [1.82, 2.24) is 0 Å². The fraction of sp³-hybridized carbons (Fsp3) is 0.0213. The maximum atomic E-state index is 8.75. The average Bonchev–Trinajstić information content (AvgIpc) is 3.18. The van der Waals surface area contributed by atoms with Crippen molar-refractivity contribution in [2.45, 2.75) is 6.92 Å². The predicted octanol–water partition coefficient (Wildman–Crippen LogP) is 13.3. The highest BCUT2D eigenvalue weighted by atomic mass is 14.2. The number of fused-ring (bicyclic) bond motifs is 4. The third-order valence-electron chi connectivity index (χ3n) is 9.38. The molecule has 220 valence electrons. The third-order valence-corrected chi connectivity index (χ3v) is 9.38. The normalized spacial score (nSPS) is 12.7. The van der Waals surface area contributed by atoms with Gasteiger partial charge in [0, 0.05) is 0 Å². The van der Waals surface area contributed by atoms with Crippen molar-refractivity contribution in [3.8, 4) is 44.5 Å². The SMILES string of the molecule is [2H]c1c([2H])c(C)c([2H])c(-c2ccc3ccc(-c4c5ccccc5c(-c5ccc(-c6ccccc6)c6ccccc56)c5ccccc45)cc3c2)c1[2H]. The molecule has 0 atom stereocenters. The third kappa shape index (κ3) is 4.61. The van der Waals surface area contributed by atoms with Gasteiger partial charge in [-0.25, -0.2) is 0 Å². The van der Waals surface area contributed by atoms with E-state index < -0.39 is 0 Å². The van der Waals surface area contributed by atoms with Crippen LogP contribution in [0.1, 0.15) is 11.0 Å². The lowest BCUT2D eigenvalue weighted by Gasteiger charge is -2.20. The Morgan fingerprint density at radius 2 is 0.915 bits per heavy atom. The molecule has 0 saturated heterocycles. The van der Waals surface area contributed by atoms with Gasteiger partial charge in [-0.05, 0) is 107 Å². The quantitative estimate of drug-likeness (QED) is 0.176. The van der Waals surface area contributed by atoms with Crippen molar-refractivity contribution in [3.63, 3.8) is 0 Å². The van der Waals surface area contributed by atoms with Gasteiger partial charge in [0.1, 0.15) is 0 Å². The molecular formula is C47H32. The van der Waals surface area contributed by atoms with Gasteiger partial charge in [0.15, 0.2) is 0 Å². The summed E-state index contributed by atoms with van der Waals surface area (Å²) in [5, 5.41) is 9.18. The van der Waals surface area contributed by atoms with Crippen LogP contribution < -0.4 is 0 Å². The minimum absolute atomic E-state index is 0.0563. The van der Waals surface area contributed by atoms with Crippen LogP contribution in [0.4, 0.5) is 0 Å². The van der Waals surface area contributed by atoms with Crippen molar-refractivity contribution in [2.24, 2.45) is 0 Å². The first-order valence-electron chi connectivity index (χ1n) is 18.0. The smallest absolute Gasteiger partial charge is 0.0622 e. The highest BCUT2D eigenvalue weighted by Gasteiger charge is 2.19. The van der Waals surface area contributed by atoms with Crippen LogP contribution in [0.25, 0.3) is 87.6 Å². The largest absolute Gasteiger partial charge is 0.0632 e. The van der Waals surface area contributed by atoms with Crippen molar-refractivity contribution < 1.29 is 5.48 Å². The van der Waals surface area contributed by atoms with Gasteiger partial charge in [0.05, 0.1) is 5.48 Å². The zero-order valence-electron chi connectivity index (χ0n) is 29.9. The van der Waals surface area contributed by atoms with Gasteiger partial charge in [-0.2, -0.15) is 0 Å². The number of benzene rings is 9. The Kier molecular flexibility index (Phi) is 5.53. The molecule has 0 saturated carbocycles. The molecule has 0 nitrogen and oxygen atoms in total. The van der Waals surface area contributed by atoms with E-state index in [1.54, 1.807) is 6.92 Å². The van der Waals surface area contributed by atoms with Crippen LogP contribution in [0.3, 0.4) is 0 Å². The average molecular weight is 601 g/mol. The Morgan fingerprint density at radius 1 is 0.383 bits per heavy atom. The molecule has 0 aliphatic heterocycles. The van der Waals surface area contributed by atoms with Crippen LogP contribution in [0, 0.1) is 6.92 Å². The van der Waals surface area contributed by atoms with Crippen molar-refractivity contribution in [2.75, 3.05) is 0 Å². The van der Waals surface area contributed by atoms with Crippen LogP contribution in [-0.2, 0) is 0 Å². The van der Waals surface area contributed by atoms with E-state index >= 15 is 0 Å². The van der Waals surface area contributed by atoms with Crippen molar-refractivity contribution >= 4 is 43.1 Å². The summed E-state index contributed by atoms with van der Waals surface area (Å²) in [6.45, 7) is 1.69. The van der Waals surface area contributed by atoms with E-state index in [9.17, 15) is 0 Å². The van der Waals surface area contributed by atoms with E-state index in [1.807, 2.05) is 18.2 Å². The summed E-state index contributed by atoms with van der Waals surface area (Å²) in [7, 11) is 0. The molecule has 0 bridgehead atoms. The summed E-state index contributed by atoms with van der Waals surface area (Å²) in [5.74, 6) is 0. The van der Waals surface area contributed by atoms with E-state index in [4.69, 9.17) is 5.48 Å². The molecule has 0 aliphatic rings. The summed E-state index contributed by atoms with van der Waals surface area (Å²) >= 11 is 0. The summed E-state index contributed by atoms with van der Waals surface area (Å²) in [6.07, 6.45) is 0. The van der Waals surface area contributed by atoms with Crippen LogP contribution >= 0.6 is 0 Å². The fourth-order valence-corrected chi connectivity index (χ4v) is 7.26. The lowest BCUT2D eigenvalue weighted by Crippen LogP contribution is -1.92. The Hall–Kier alpha value is -5.98. The minimum Gasteiger partial charge on any atom is -0.0622 e. The summed E-state index contributed by atoms with van der Waals surface area (Å²) < 4.78 is 33.9. The highest BCUT2D eigenvalue weighted by molar-refractivity contribution is 6.24. The molecule has 0 heterocycles. The Bertz CT molecular complexity index is 2770. The van der Waals surface area contributed by atoms with Crippen LogP contribution in [-0.4, -0.2) is 0 Å². The molecular weight excluding hydrogens is 565 g/mol. The second-order valence-corrected chi connectivity index (χ2v) is 12.2. The zero-order valence-corrected chi connectivity index (χ0v) is 25.9. The minimum atomic E-state index is -0.145. The lowest BCUT2D eigenvalue weighted by atomic mass is 9.83. The molecule has 0 N–H and O–H groups in total. The van der Waals surface area contributed by atoms with Gasteiger partial charge >= 0.3 is 0 Å². The Morgan fingerprint density at radius 3 is 1.60 bits per heavy atom. The first kappa shape index (κ1) is 23.4. The van der Waals surface area contributed by atoms with Gasteiger partial charge < -0.3 is 0 Å². The lowest BCUT2D eigenvalue weighted by molar-refractivity contribution is 1.47. The molecule has 0 spiro atoms.